The summed E-state index contributed by atoms with van der Waals surface area (Å²) in [7, 11) is 0. The average Bonchev–Trinajstić information content (AvgIpc) is 2.13. The van der Waals surface area contributed by atoms with Gasteiger partial charge in [-0.05, 0) is 25.5 Å². The van der Waals surface area contributed by atoms with E-state index in [1.54, 1.807) is 0 Å². The van der Waals surface area contributed by atoms with Crippen LogP contribution in [0.25, 0.3) is 0 Å². The molecule has 0 amide bonds. The van der Waals surface area contributed by atoms with Gasteiger partial charge in [0.15, 0.2) is 0 Å². The molecule has 9 heavy (non-hydrogen) atoms. The van der Waals surface area contributed by atoms with Crippen LogP contribution in [0.3, 0.4) is 0 Å². The van der Waals surface area contributed by atoms with E-state index < -0.39 is 0 Å². The lowest BCUT2D eigenvalue weighted by Gasteiger charge is -1.98. The van der Waals surface area contributed by atoms with Crippen molar-refractivity contribution in [1.29, 1.82) is 0 Å². The standard InChI is InChI=1S/C8H10N/c1-2-8-6-4-3-5-7-9-8/h3-7,9H,1-2H2. The van der Waals surface area contributed by atoms with Crippen LogP contribution in [0.5, 0.6) is 0 Å². The Kier molecular flexibility index (Phi) is 2.13. The Balaban J connectivity index is 2.62. The molecule has 0 aromatic rings. The predicted molar refractivity (Wildman–Crippen MR) is 39.5 cm³/mol. The van der Waals surface area contributed by atoms with E-state index in [-0.39, 0.29) is 0 Å². The maximum atomic E-state index is 3.75. The number of nitrogens with one attached hydrogen (secondary N) is 1. The zero-order chi connectivity index (χ0) is 6.53. The molecule has 1 aliphatic rings. The van der Waals surface area contributed by atoms with E-state index in [0.29, 0.717) is 0 Å². The lowest BCUT2D eigenvalue weighted by atomic mass is 10.3. The molecule has 0 aromatic heterocycles. The van der Waals surface area contributed by atoms with E-state index >= 15 is 0 Å². The van der Waals surface area contributed by atoms with E-state index in [1.165, 1.54) is 0 Å². The highest BCUT2D eigenvalue weighted by molar-refractivity contribution is 5.21. The third-order valence-electron chi connectivity index (χ3n) is 1.15. The molecule has 0 atom stereocenters. The molecule has 0 aliphatic carbocycles. The minimum Gasteiger partial charge on any atom is -0.365 e. The maximum Gasteiger partial charge on any atom is 0.0146 e. The fourth-order valence-electron chi connectivity index (χ4n) is 0.650. The fourth-order valence-corrected chi connectivity index (χ4v) is 0.650. The molecule has 0 aromatic carbocycles. The van der Waals surface area contributed by atoms with Crippen molar-refractivity contribution in [2.75, 3.05) is 0 Å². The molecule has 0 fully saturated rings. The van der Waals surface area contributed by atoms with Gasteiger partial charge >= 0.3 is 0 Å². The first-order valence-electron chi connectivity index (χ1n) is 3.01. The van der Waals surface area contributed by atoms with Crippen molar-refractivity contribution >= 4 is 0 Å². The highest BCUT2D eigenvalue weighted by Crippen LogP contribution is 1.98. The molecule has 1 heterocycles. The summed E-state index contributed by atoms with van der Waals surface area (Å²) in [6, 6.07) is 0. The lowest BCUT2D eigenvalue weighted by molar-refractivity contribution is 0.996. The van der Waals surface area contributed by atoms with Gasteiger partial charge in [-0.25, -0.2) is 0 Å². The van der Waals surface area contributed by atoms with Gasteiger partial charge in [0.25, 0.3) is 0 Å². The number of hydrogen-bond donors (Lipinski definition) is 1. The normalized spacial score (nSPS) is 16.3. The Bertz CT molecular complexity index is 163. The number of allylic oxidation sites excluding steroid dienone is 5. The molecule has 1 N–H and O–H groups in total. The second-order valence-electron chi connectivity index (χ2n) is 1.83. The summed E-state index contributed by atoms with van der Waals surface area (Å²) in [4.78, 5) is 0. The monoisotopic (exact) mass is 120 g/mol. The summed E-state index contributed by atoms with van der Waals surface area (Å²) in [5.74, 6) is 0. The van der Waals surface area contributed by atoms with Crippen molar-refractivity contribution in [3.8, 4) is 0 Å². The Morgan fingerprint density at radius 1 is 1.33 bits per heavy atom. The van der Waals surface area contributed by atoms with E-state index in [2.05, 4.69) is 12.2 Å². The van der Waals surface area contributed by atoms with Gasteiger partial charge in [0.05, 0.1) is 0 Å². The summed E-state index contributed by atoms with van der Waals surface area (Å²) in [5.41, 5.74) is 1.15. The zero-order valence-electron chi connectivity index (χ0n) is 5.30. The first kappa shape index (κ1) is 6.14. The van der Waals surface area contributed by atoms with Crippen LogP contribution in [0.2, 0.25) is 0 Å². The molecule has 0 saturated carbocycles. The molecule has 0 spiro atoms. The van der Waals surface area contributed by atoms with Crippen molar-refractivity contribution in [2.24, 2.45) is 0 Å². The van der Waals surface area contributed by atoms with Crippen LogP contribution in [0.1, 0.15) is 6.42 Å². The molecule has 1 aliphatic heterocycles. The summed E-state index contributed by atoms with van der Waals surface area (Å²) in [6.07, 6.45) is 10.7. The van der Waals surface area contributed by atoms with E-state index in [9.17, 15) is 0 Å². The summed E-state index contributed by atoms with van der Waals surface area (Å²) in [6.45, 7) is 3.75. The Morgan fingerprint density at radius 3 is 3.00 bits per heavy atom. The molecule has 1 rings (SSSR count). The van der Waals surface area contributed by atoms with Crippen LogP contribution in [-0.4, -0.2) is 0 Å². The fraction of sp³-hybridized carbons (Fsp3) is 0.125. The summed E-state index contributed by atoms with van der Waals surface area (Å²) < 4.78 is 0. The van der Waals surface area contributed by atoms with Crippen LogP contribution in [-0.2, 0) is 0 Å². The molecule has 0 saturated heterocycles. The minimum atomic E-state index is 0.814. The van der Waals surface area contributed by atoms with Gasteiger partial charge in [0.1, 0.15) is 0 Å². The van der Waals surface area contributed by atoms with E-state index in [4.69, 9.17) is 0 Å². The Labute approximate surface area is 55.8 Å². The lowest BCUT2D eigenvalue weighted by Crippen LogP contribution is -2.01. The molecular formula is C8H10N. The van der Waals surface area contributed by atoms with Crippen molar-refractivity contribution in [1.82, 2.24) is 5.32 Å². The van der Waals surface area contributed by atoms with Gasteiger partial charge in [-0.3, -0.25) is 0 Å². The van der Waals surface area contributed by atoms with Crippen LogP contribution < -0.4 is 5.32 Å². The molecule has 1 heteroatoms. The van der Waals surface area contributed by atoms with Gasteiger partial charge in [0.2, 0.25) is 0 Å². The van der Waals surface area contributed by atoms with Crippen LogP contribution >= 0.6 is 0 Å². The number of hydrogen-bond acceptors (Lipinski definition) is 1. The highest BCUT2D eigenvalue weighted by Gasteiger charge is 1.87. The maximum absolute atomic E-state index is 3.75. The molecular weight excluding hydrogens is 110 g/mol. The quantitative estimate of drug-likeness (QED) is 0.556. The summed E-state index contributed by atoms with van der Waals surface area (Å²) in [5, 5.41) is 3.09. The second-order valence-corrected chi connectivity index (χ2v) is 1.83. The number of rotatable bonds is 1. The van der Waals surface area contributed by atoms with Crippen LogP contribution in [0.15, 0.2) is 36.2 Å². The smallest absolute Gasteiger partial charge is 0.0146 e. The predicted octanol–water partition coefficient (Wildman–Crippen LogP) is 1.77. The third-order valence-corrected chi connectivity index (χ3v) is 1.15. The third kappa shape index (κ3) is 1.76. The minimum absolute atomic E-state index is 0.814. The highest BCUT2D eigenvalue weighted by atomic mass is 14.8. The van der Waals surface area contributed by atoms with Crippen molar-refractivity contribution < 1.29 is 0 Å². The SMILES string of the molecule is [CH2]CC1=CC=CC=CN1. The van der Waals surface area contributed by atoms with Crippen LogP contribution in [0.4, 0.5) is 0 Å². The van der Waals surface area contributed by atoms with Crippen LogP contribution in [0, 0.1) is 6.92 Å². The Morgan fingerprint density at radius 2 is 2.22 bits per heavy atom. The summed E-state index contributed by atoms with van der Waals surface area (Å²) >= 11 is 0. The molecule has 0 unspecified atom stereocenters. The molecule has 0 bridgehead atoms. The first-order chi connectivity index (χ1) is 4.43. The van der Waals surface area contributed by atoms with Gasteiger partial charge in [0, 0.05) is 11.9 Å². The Hall–Kier alpha value is -0.980. The van der Waals surface area contributed by atoms with Crippen molar-refractivity contribution in [2.45, 2.75) is 6.42 Å². The molecule has 1 radical (unpaired) electrons. The van der Waals surface area contributed by atoms with E-state index in [0.717, 1.165) is 12.1 Å². The van der Waals surface area contributed by atoms with Gasteiger partial charge in [-0.15, -0.1) is 0 Å². The second kappa shape index (κ2) is 3.13. The van der Waals surface area contributed by atoms with Gasteiger partial charge in [-0.1, -0.05) is 12.2 Å². The van der Waals surface area contributed by atoms with Crippen molar-refractivity contribution in [3.05, 3.63) is 43.1 Å². The average molecular weight is 120 g/mol. The zero-order valence-corrected chi connectivity index (χ0v) is 5.30. The van der Waals surface area contributed by atoms with Crippen molar-refractivity contribution in [3.63, 3.8) is 0 Å². The molecule has 1 nitrogen and oxygen atoms in total. The van der Waals surface area contributed by atoms with E-state index in [1.807, 2.05) is 30.5 Å². The van der Waals surface area contributed by atoms with Gasteiger partial charge < -0.3 is 5.32 Å². The molecule has 47 valence electrons. The first-order valence-corrected chi connectivity index (χ1v) is 3.01. The largest absolute Gasteiger partial charge is 0.365 e. The topological polar surface area (TPSA) is 12.0 Å². The van der Waals surface area contributed by atoms with Gasteiger partial charge in [-0.2, -0.15) is 0 Å².